The Morgan fingerprint density at radius 1 is 1.09 bits per heavy atom. The second-order valence-corrected chi connectivity index (χ2v) is 5.53. The van der Waals surface area contributed by atoms with Crippen molar-refractivity contribution in [3.8, 4) is 11.8 Å². The van der Waals surface area contributed by atoms with Gasteiger partial charge in [-0.2, -0.15) is 8.78 Å². The highest BCUT2D eigenvalue weighted by molar-refractivity contribution is 6.35. The van der Waals surface area contributed by atoms with Crippen LogP contribution in [0.1, 0.15) is 11.4 Å². The third-order valence-corrected chi connectivity index (χ3v) is 3.35. The minimum atomic E-state index is -3.69. The van der Waals surface area contributed by atoms with E-state index < -0.39 is 11.2 Å². The number of aryl methyl sites for hydroxylation is 1. The van der Waals surface area contributed by atoms with Crippen LogP contribution in [0.4, 0.5) is 8.78 Å². The molecule has 0 unspecified atom stereocenters. The van der Waals surface area contributed by atoms with Crippen LogP contribution in [-0.4, -0.2) is 19.9 Å². The van der Waals surface area contributed by atoms with Crippen LogP contribution in [-0.2, 0) is 5.38 Å². The van der Waals surface area contributed by atoms with Gasteiger partial charge in [0.05, 0.1) is 15.9 Å². The highest BCUT2D eigenvalue weighted by Crippen LogP contribution is 2.35. The molecule has 0 aliphatic heterocycles. The molecule has 3 aromatic rings. The summed E-state index contributed by atoms with van der Waals surface area (Å²) in [5, 5.41) is -3.18. The van der Waals surface area contributed by atoms with Gasteiger partial charge in [0.2, 0.25) is 5.82 Å². The van der Waals surface area contributed by atoms with Gasteiger partial charge < -0.3 is 4.74 Å². The fourth-order valence-corrected chi connectivity index (χ4v) is 2.12. The summed E-state index contributed by atoms with van der Waals surface area (Å²) in [5.74, 6) is -0.546. The van der Waals surface area contributed by atoms with E-state index in [1.807, 2.05) is 6.92 Å². The van der Waals surface area contributed by atoms with Gasteiger partial charge in [-0.1, -0.05) is 11.6 Å². The molecular weight excluding hydrogens is 349 g/mol. The minimum absolute atomic E-state index is 0.0987. The molecule has 0 bridgehead atoms. The van der Waals surface area contributed by atoms with Crippen LogP contribution in [0.3, 0.4) is 0 Å². The summed E-state index contributed by atoms with van der Waals surface area (Å²) in [6.45, 7) is 1.84. The van der Waals surface area contributed by atoms with Crippen molar-refractivity contribution in [2.45, 2.75) is 12.3 Å². The maximum atomic E-state index is 13.1. The molecule has 118 valence electrons. The molecule has 0 atom stereocenters. The average Bonchev–Trinajstić information content (AvgIpc) is 2.51. The Bertz CT molecular complexity index is 869. The van der Waals surface area contributed by atoms with Crippen LogP contribution in [0.15, 0.2) is 30.7 Å². The molecule has 5 nitrogen and oxygen atoms in total. The van der Waals surface area contributed by atoms with Crippen molar-refractivity contribution in [3.63, 3.8) is 0 Å². The summed E-state index contributed by atoms with van der Waals surface area (Å²) in [6, 6.07) is 3.12. The lowest BCUT2D eigenvalue weighted by atomic mass is 10.2. The number of halogens is 4. The molecular formula is C14H8Cl2F2N4O. The molecule has 0 saturated carbocycles. The Morgan fingerprint density at radius 2 is 1.78 bits per heavy atom. The molecule has 0 aliphatic rings. The highest BCUT2D eigenvalue weighted by Gasteiger charge is 2.32. The number of alkyl halides is 3. The Balaban J connectivity index is 2.08. The van der Waals surface area contributed by atoms with Gasteiger partial charge in [0.15, 0.2) is 0 Å². The van der Waals surface area contributed by atoms with Gasteiger partial charge in [-0.25, -0.2) is 19.9 Å². The second kappa shape index (κ2) is 5.82. The molecule has 3 rings (SSSR count). The third kappa shape index (κ3) is 3.30. The van der Waals surface area contributed by atoms with Crippen molar-refractivity contribution >= 4 is 34.1 Å². The first-order valence-electron chi connectivity index (χ1n) is 6.33. The Labute approximate surface area is 139 Å². The zero-order valence-corrected chi connectivity index (χ0v) is 13.1. The summed E-state index contributed by atoms with van der Waals surface area (Å²) in [4.78, 5) is 15.3. The van der Waals surface area contributed by atoms with Crippen LogP contribution >= 0.6 is 23.2 Å². The topological polar surface area (TPSA) is 60.8 Å². The average molecular weight is 357 g/mol. The standard InChI is InChI=1S/C14H8Cl2F2N4O/c1-7-4-20-13(21-5-7)23-10-3-2-9(15)11-8(10)6-19-12(22-11)14(16,17)18/h2-6H,1H3. The van der Waals surface area contributed by atoms with E-state index in [0.29, 0.717) is 5.39 Å². The normalized spacial score (nSPS) is 11.7. The molecule has 0 fully saturated rings. The zero-order valence-electron chi connectivity index (χ0n) is 11.6. The molecule has 1 aromatic carbocycles. The summed E-state index contributed by atoms with van der Waals surface area (Å²) in [6.07, 6.45) is 4.34. The number of ether oxygens (including phenoxy) is 1. The predicted octanol–water partition coefficient (Wildman–Crippen LogP) is 4.46. The summed E-state index contributed by atoms with van der Waals surface area (Å²) in [5.41, 5.74) is 0.970. The van der Waals surface area contributed by atoms with Gasteiger partial charge in [0, 0.05) is 18.6 Å². The smallest absolute Gasteiger partial charge is 0.381 e. The van der Waals surface area contributed by atoms with Gasteiger partial charge >= 0.3 is 11.4 Å². The second-order valence-electron chi connectivity index (χ2n) is 4.64. The largest absolute Gasteiger partial charge is 0.424 e. The van der Waals surface area contributed by atoms with Crippen LogP contribution in [0.2, 0.25) is 5.02 Å². The zero-order chi connectivity index (χ0) is 16.6. The number of aromatic nitrogens is 4. The Kier molecular flexibility index (Phi) is 3.99. The van der Waals surface area contributed by atoms with Crippen molar-refractivity contribution in [1.29, 1.82) is 0 Å². The van der Waals surface area contributed by atoms with E-state index in [-0.39, 0.29) is 22.3 Å². The van der Waals surface area contributed by atoms with E-state index in [4.69, 9.17) is 27.9 Å². The fourth-order valence-electron chi connectivity index (χ4n) is 1.82. The maximum Gasteiger partial charge on any atom is 0.381 e. The molecule has 2 heterocycles. The van der Waals surface area contributed by atoms with Gasteiger partial charge in [0.25, 0.3) is 0 Å². The predicted molar refractivity (Wildman–Crippen MR) is 81.1 cm³/mol. The SMILES string of the molecule is Cc1cnc(Oc2ccc(Cl)c3nc(C(F)(F)Cl)ncc23)nc1. The lowest BCUT2D eigenvalue weighted by molar-refractivity contribution is 0.0849. The van der Waals surface area contributed by atoms with E-state index in [1.54, 1.807) is 18.5 Å². The Hall–Kier alpha value is -2.12. The molecule has 9 heteroatoms. The molecule has 0 spiro atoms. The number of hydrogen-bond donors (Lipinski definition) is 0. The first kappa shape index (κ1) is 15.8. The van der Waals surface area contributed by atoms with Crippen LogP contribution in [0.5, 0.6) is 11.8 Å². The lowest BCUT2D eigenvalue weighted by Gasteiger charge is -2.10. The van der Waals surface area contributed by atoms with Crippen molar-refractivity contribution < 1.29 is 13.5 Å². The van der Waals surface area contributed by atoms with Crippen LogP contribution in [0.25, 0.3) is 10.9 Å². The third-order valence-electron chi connectivity index (χ3n) is 2.87. The van der Waals surface area contributed by atoms with Gasteiger partial charge in [0.1, 0.15) is 5.75 Å². The number of fused-ring (bicyclic) bond motifs is 1. The summed E-state index contributed by atoms with van der Waals surface area (Å²) < 4.78 is 31.8. The molecule has 23 heavy (non-hydrogen) atoms. The fraction of sp³-hybridized carbons (Fsp3) is 0.143. The van der Waals surface area contributed by atoms with Crippen LogP contribution in [0, 0.1) is 6.92 Å². The highest BCUT2D eigenvalue weighted by atomic mass is 35.5. The van der Waals surface area contributed by atoms with E-state index in [0.717, 1.165) is 5.56 Å². The lowest BCUT2D eigenvalue weighted by Crippen LogP contribution is -2.09. The van der Waals surface area contributed by atoms with E-state index in [9.17, 15) is 8.78 Å². The molecule has 0 saturated heterocycles. The van der Waals surface area contributed by atoms with Crippen molar-refractivity contribution in [3.05, 3.63) is 47.1 Å². The summed E-state index contributed by atoms with van der Waals surface area (Å²) in [7, 11) is 0. The molecule has 0 radical (unpaired) electrons. The van der Waals surface area contributed by atoms with E-state index in [2.05, 4.69) is 19.9 Å². The quantitative estimate of drug-likeness (QED) is 0.648. The van der Waals surface area contributed by atoms with E-state index >= 15 is 0 Å². The van der Waals surface area contributed by atoms with Crippen molar-refractivity contribution in [2.24, 2.45) is 0 Å². The molecule has 2 aromatic heterocycles. The first-order chi connectivity index (χ1) is 10.8. The monoisotopic (exact) mass is 356 g/mol. The molecule has 0 N–H and O–H groups in total. The first-order valence-corrected chi connectivity index (χ1v) is 7.09. The number of rotatable bonds is 3. The number of nitrogens with zero attached hydrogens (tertiary/aromatic N) is 4. The van der Waals surface area contributed by atoms with E-state index in [1.165, 1.54) is 12.3 Å². The van der Waals surface area contributed by atoms with Gasteiger partial charge in [-0.05, 0) is 36.2 Å². The molecule has 0 aliphatic carbocycles. The van der Waals surface area contributed by atoms with Crippen molar-refractivity contribution in [2.75, 3.05) is 0 Å². The van der Waals surface area contributed by atoms with Crippen molar-refractivity contribution in [1.82, 2.24) is 19.9 Å². The minimum Gasteiger partial charge on any atom is -0.424 e. The Morgan fingerprint density at radius 3 is 2.43 bits per heavy atom. The van der Waals surface area contributed by atoms with Crippen LogP contribution < -0.4 is 4.74 Å². The number of benzene rings is 1. The number of hydrogen-bond acceptors (Lipinski definition) is 5. The summed E-state index contributed by atoms with van der Waals surface area (Å²) >= 11 is 11.0. The van der Waals surface area contributed by atoms with Gasteiger partial charge in [-0.3, -0.25) is 0 Å². The molecule has 0 amide bonds. The maximum absolute atomic E-state index is 13.1. The van der Waals surface area contributed by atoms with Gasteiger partial charge in [-0.15, -0.1) is 0 Å².